The van der Waals surface area contributed by atoms with Crippen molar-refractivity contribution in [1.29, 1.82) is 0 Å². The highest BCUT2D eigenvalue weighted by molar-refractivity contribution is 6.29. The SMILES string of the molecule is O=C1OC2(CCC(Cc3ccc(C(F)(F)F)cc3)CC2)CN1CC1CCC(C(=O)N2CCN(c3cc(Cl)ncn3)CC2)CC1. The van der Waals surface area contributed by atoms with Gasteiger partial charge in [0.1, 0.15) is 22.9 Å². The Hall–Kier alpha value is -3.08. The number of alkyl halides is 3. The van der Waals surface area contributed by atoms with Gasteiger partial charge in [-0.1, -0.05) is 23.7 Å². The van der Waals surface area contributed by atoms with E-state index in [0.29, 0.717) is 56.3 Å². The molecule has 3 heterocycles. The molecular weight excluding hydrogens is 595 g/mol. The zero-order chi connectivity index (χ0) is 30.9. The van der Waals surface area contributed by atoms with Crippen LogP contribution in [0.25, 0.3) is 0 Å². The lowest BCUT2D eigenvalue weighted by atomic mass is 9.76. The second kappa shape index (κ2) is 12.7. The maximum absolute atomic E-state index is 13.3. The summed E-state index contributed by atoms with van der Waals surface area (Å²) in [6, 6.07) is 7.20. The Morgan fingerprint density at radius 3 is 2.27 bits per heavy atom. The zero-order valence-electron chi connectivity index (χ0n) is 24.8. The van der Waals surface area contributed by atoms with E-state index >= 15 is 0 Å². The molecule has 4 aliphatic rings. The van der Waals surface area contributed by atoms with Crippen LogP contribution in [-0.2, 0) is 22.1 Å². The molecule has 2 aromatic rings. The molecule has 8 nitrogen and oxygen atoms in total. The molecule has 2 saturated heterocycles. The van der Waals surface area contributed by atoms with Crippen molar-refractivity contribution in [3.05, 3.63) is 52.9 Å². The summed E-state index contributed by atoms with van der Waals surface area (Å²) in [4.78, 5) is 40.3. The molecule has 2 saturated carbocycles. The molecule has 2 aliphatic heterocycles. The topological polar surface area (TPSA) is 78.9 Å². The van der Waals surface area contributed by atoms with Crippen molar-refractivity contribution in [2.24, 2.45) is 17.8 Å². The predicted octanol–water partition coefficient (Wildman–Crippen LogP) is 6.23. The van der Waals surface area contributed by atoms with Crippen molar-refractivity contribution in [2.75, 3.05) is 44.2 Å². The lowest BCUT2D eigenvalue weighted by Crippen LogP contribution is -2.51. The molecule has 1 aromatic heterocycles. The number of amides is 2. The average Bonchev–Trinajstić information content (AvgIpc) is 3.32. The summed E-state index contributed by atoms with van der Waals surface area (Å²) in [6.07, 6.45) is 4.46. The van der Waals surface area contributed by atoms with E-state index in [4.69, 9.17) is 16.3 Å². The van der Waals surface area contributed by atoms with Crippen molar-refractivity contribution in [3.8, 4) is 0 Å². The van der Waals surface area contributed by atoms with E-state index in [1.165, 1.54) is 6.33 Å². The molecule has 0 radical (unpaired) electrons. The fourth-order valence-electron chi connectivity index (χ4n) is 7.48. The number of hydrogen-bond acceptors (Lipinski definition) is 6. The normalized spacial score (nSPS) is 28.0. The number of hydrogen-bond donors (Lipinski definition) is 0. The van der Waals surface area contributed by atoms with Gasteiger partial charge in [-0.3, -0.25) is 4.79 Å². The highest BCUT2D eigenvalue weighted by Crippen LogP contribution is 2.42. The van der Waals surface area contributed by atoms with Gasteiger partial charge in [-0.05, 0) is 87.3 Å². The smallest absolute Gasteiger partial charge is 0.416 e. The van der Waals surface area contributed by atoms with Crippen LogP contribution < -0.4 is 4.90 Å². The number of rotatable bonds is 6. The number of anilines is 1. The van der Waals surface area contributed by atoms with Gasteiger partial charge in [0.2, 0.25) is 5.91 Å². The molecule has 1 spiro atoms. The molecule has 0 N–H and O–H groups in total. The quantitative estimate of drug-likeness (QED) is 0.351. The fraction of sp³-hybridized carbons (Fsp3) is 0.625. The first-order chi connectivity index (χ1) is 21.1. The van der Waals surface area contributed by atoms with Gasteiger partial charge in [-0.2, -0.15) is 13.2 Å². The third kappa shape index (κ3) is 7.08. The second-order valence-corrected chi connectivity index (χ2v) is 13.4. The standard InChI is InChI=1S/C32H39ClF3N5O3/c33-27-18-28(38-21-37-27)39-13-15-40(16-14-39)29(42)25-5-1-24(2-6-25)19-41-20-31(44-30(41)43)11-9-23(10-12-31)17-22-3-7-26(8-4-22)32(34,35)36/h3-4,7-8,18,21,23-25H,1-2,5-6,9-17,19-20H2. The Kier molecular flexibility index (Phi) is 8.95. The number of carbonyl (C=O) groups is 2. The summed E-state index contributed by atoms with van der Waals surface area (Å²) >= 11 is 6.00. The number of nitrogens with zero attached hydrogens (tertiary/aromatic N) is 5. The number of aromatic nitrogens is 2. The molecule has 0 unspecified atom stereocenters. The van der Waals surface area contributed by atoms with Crippen LogP contribution in [0.15, 0.2) is 36.7 Å². The number of piperazine rings is 1. The summed E-state index contributed by atoms with van der Waals surface area (Å²) in [5.74, 6) is 1.77. The van der Waals surface area contributed by atoms with E-state index < -0.39 is 17.3 Å². The summed E-state index contributed by atoms with van der Waals surface area (Å²) in [5.41, 5.74) is -0.171. The molecule has 12 heteroatoms. The van der Waals surface area contributed by atoms with E-state index in [1.54, 1.807) is 18.2 Å². The molecule has 6 rings (SSSR count). The third-order valence-corrected chi connectivity index (χ3v) is 10.3. The minimum absolute atomic E-state index is 0.0307. The molecule has 2 aliphatic carbocycles. The van der Waals surface area contributed by atoms with Crippen LogP contribution in [0, 0.1) is 17.8 Å². The van der Waals surface area contributed by atoms with Crippen LogP contribution in [0.5, 0.6) is 0 Å². The summed E-state index contributed by atoms with van der Waals surface area (Å²) in [7, 11) is 0. The monoisotopic (exact) mass is 633 g/mol. The summed E-state index contributed by atoms with van der Waals surface area (Å²) < 4.78 is 44.6. The largest absolute Gasteiger partial charge is 0.441 e. The number of benzene rings is 1. The van der Waals surface area contributed by atoms with Gasteiger partial charge in [0.25, 0.3) is 0 Å². The van der Waals surface area contributed by atoms with E-state index in [-0.39, 0.29) is 17.9 Å². The van der Waals surface area contributed by atoms with Crippen LogP contribution in [0.4, 0.5) is 23.8 Å². The van der Waals surface area contributed by atoms with Gasteiger partial charge >= 0.3 is 12.3 Å². The maximum Gasteiger partial charge on any atom is 0.416 e. The van der Waals surface area contributed by atoms with Crippen LogP contribution in [0.1, 0.15) is 62.5 Å². The zero-order valence-corrected chi connectivity index (χ0v) is 25.5. The highest BCUT2D eigenvalue weighted by Gasteiger charge is 2.47. The predicted molar refractivity (Wildman–Crippen MR) is 159 cm³/mol. The van der Waals surface area contributed by atoms with Crippen molar-refractivity contribution in [3.63, 3.8) is 0 Å². The first-order valence-electron chi connectivity index (χ1n) is 15.7. The first kappa shape index (κ1) is 30.9. The Morgan fingerprint density at radius 2 is 1.64 bits per heavy atom. The molecule has 44 heavy (non-hydrogen) atoms. The van der Waals surface area contributed by atoms with Gasteiger partial charge in [-0.25, -0.2) is 14.8 Å². The molecular formula is C32H39ClF3N5O3. The first-order valence-corrected chi connectivity index (χ1v) is 16.1. The van der Waals surface area contributed by atoms with E-state index in [0.717, 1.165) is 81.3 Å². The lowest BCUT2D eigenvalue weighted by molar-refractivity contribution is -0.138. The second-order valence-electron chi connectivity index (χ2n) is 13.0. The minimum Gasteiger partial charge on any atom is -0.441 e. The number of carbonyl (C=O) groups excluding carboxylic acids is 2. The Morgan fingerprint density at radius 1 is 0.955 bits per heavy atom. The van der Waals surface area contributed by atoms with E-state index in [1.807, 2.05) is 9.80 Å². The third-order valence-electron chi connectivity index (χ3n) is 10.1. The fourth-order valence-corrected chi connectivity index (χ4v) is 7.62. The Bertz CT molecular complexity index is 1320. The van der Waals surface area contributed by atoms with Crippen molar-refractivity contribution in [2.45, 2.75) is 69.6 Å². The van der Waals surface area contributed by atoms with Crippen molar-refractivity contribution in [1.82, 2.24) is 19.8 Å². The molecule has 2 amide bonds. The van der Waals surface area contributed by atoms with Gasteiger partial charge < -0.3 is 19.4 Å². The molecule has 1 aromatic carbocycles. The van der Waals surface area contributed by atoms with Crippen LogP contribution >= 0.6 is 11.6 Å². The number of ether oxygens (including phenoxy) is 1. The van der Waals surface area contributed by atoms with Crippen LogP contribution in [0.2, 0.25) is 5.15 Å². The van der Waals surface area contributed by atoms with Gasteiger partial charge in [0.05, 0.1) is 12.1 Å². The van der Waals surface area contributed by atoms with Crippen molar-refractivity contribution >= 4 is 29.4 Å². The average molecular weight is 634 g/mol. The number of halogens is 4. The Balaban J connectivity index is 0.921. The lowest BCUT2D eigenvalue weighted by Gasteiger charge is -2.38. The molecule has 238 valence electrons. The maximum atomic E-state index is 13.3. The van der Waals surface area contributed by atoms with Gasteiger partial charge in [-0.15, -0.1) is 0 Å². The molecule has 0 atom stereocenters. The Labute approximate surface area is 260 Å². The molecule has 4 fully saturated rings. The van der Waals surface area contributed by atoms with E-state index in [9.17, 15) is 22.8 Å². The van der Waals surface area contributed by atoms with Crippen LogP contribution in [-0.4, -0.2) is 76.6 Å². The van der Waals surface area contributed by atoms with Gasteiger partial charge in [0.15, 0.2) is 0 Å². The highest BCUT2D eigenvalue weighted by atomic mass is 35.5. The van der Waals surface area contributed by atoms with E-state index in [2.05, 4.69) is 14.9 Å². The van der Waals surface area contributed by atoms with Crippen molar-refractivity contribution < 1.29 is 27.5 Å². The summed E-state index contributed by atoms with van der Waals surface area (Å²) in [5, 5.41) is 0.407. The minimum atomic E-state index is -4.32. The molecule has 0 bridgehead atoms. The van der Waals surface area contributed by atoms with Crippen LogP contribution in [0.3, 0.4) is 0 Å². The summed E-state index contributed by atoms with van der Waals surface area (Å²) in [6.45, 7) is 4.00. The van der Waals surface area contributed by atoms with Gasteiger partial charge in [0, 0.05) is 44.7 Å².